The average Bonchev–Trinajstić information content (AvgIpc) is 2.93. The van der Waals surface area contributed by atoms with Gasteiger partial charge in [0.05, 0.1) is 24.8 Å². The summed E-state index contributed by atoms with van der Waals surface area (Å²) >= 11 is 6.19. The van der Waals surface area contributed by atoms with Crippen LogP contribution in [0.1, 0.15) is 33.3 Å². The fourth-order valence-corrected chi connectivity index (χ4v) is 5.76. The molecule has 0 radical (unpaired) electrons. The molecule has 0 saturated heterocycles. The van der Waals surface area contributed by atoms with Gasteiger partial charge in [-0.05, 0) is 69.7 Å². The number of methoxy groups -OCH3 is 2. The van der Waals surface area contributed by atoms with E-state index in [1.165, 1.54) is 37.3 Å². The van der Waals surface area contributed by atoms with Crippen LogP contribution in [-0.4, -0.2) is 57.5 Å². The highest BCUT2D eigenvalue weighted by Gasteiger charge is 2.33. The summed E-state index contributed by atoms with van der Waals surface area (Å²) in [5.74, 6) is -0.362. The van der Waals surface area contributed by atoms with E-state index >= 15 is 0 Å². The van der Waals surface area contributed by atoms with E-state index in [4.69, 9.17) is 21.1 Å². The standard InChI is InChI=1S/C30H36ClN3O6S/c1-21(29(36)32-30(2,3)4)33(19-22-11-10-12-23(31)17-22)28(35)20-34(24-13-8-7-9-14-24)41(37,38)25-15-16-26(39-5)27(18-25)40-6/h7-18,21H,19-20H2,1-6H3,(H,32,36)/t21-/m0/s1. The third kappa shape index (κ3) is 8.14. The molecule has 9 nitrogen and oxygen atoms in total. The molecule has 0 aliphatic rings. The van der Waals surface area contributed by atoms with Crippen molar-refractivity contribution < 1.29 is 27.5 Å². The Balaban J connectivity index is 2.05. The van der Waals surface area contributed by atoms with Crippen LogP contribution in [0.4, 0.5) is 5.69 Å². The number of rotatable bonds is 11. The Bertz CT molecular complexity index is 1480. The van der Waals surface area contributed by atoms with Crippen molar-refractivity contribution >= 4 is 39.1 Å². The van der Waals surface area contributed by atoms with Crippen molar-refractivity contribution in [3.05, 3.63) is 83.4 Å². The first-order chi connectivity index (χ1) is 19.3. The van der Waals surface area contributed by atoms with Crippen LogP contribution in [-0.2, 0) is 26.2 Å². The monoisotopic (exact) mass is 601 g/mol. The molecule has 0 heterocycles. The van der Waals surface area contributed by atoms with E-state index in [0.717, 1.165) is 4.31 Å². The Kier molecular flexibility index (Phi) is 10.3. The number of carbonyl (C=O) groups excluding carboxylic acids is 2. The van der Waals surface area contributed by atoms with Crippen molar-refractivity contribution in [1.82, 2.24) is 10.2 Å². The zero-order chi connectivity index (χ0) is 30.4. The fourth-order valence-electron chi connectivity index (χ4n) is 4.12. The minimum atomic E-state index is -4.27. The minimum Gasteiger partial charge on any atom is -0.493 e. The highest BCUT2D eigenvalue weighted by Crippen LogP contribution is 2.32. The molecule has 220 valence electrons. The molecule has 0 bridgehead atoms. The first-order valence-electron chi connectivity index (χ1n) is 12.9. The van der Waals surface area contributed by atoms with Gasteiger partial charge in [0.2, 0.25) is 11.8 Å². The van der Waals surface area contributed by atoms with Gasteiger partial charge in [0, 0.05) is 23.2 Å². The molecule has 0 spiro atoms. The van der Waals surface area contributed by atoms with Gasteiger partial charge in [-0.2, -0.15) is 0 Å². The van der Waals surface area contributed by atoms with Gasteiger partial charge in [-0.1, -0.05) is 41.9 Å². The molecule has 0 aliphatic heterocycles. The van der Waals surface area contributed by atoms with Gasteiger partial charge >= 0.3 is 0 Å². The number of nitrogens with one attached hydrogen (secondary N) is 1. The topological polar surface area (TPSA) is 105 Å². The fraction of sp³-hybridized carbons (Fsp3) is 0.333. The molecule has 0 unspecified atom stereocenters. The lowest BCUT2D eigenvalue weighted by molar-refractivity contribution is -0.140. The molecule has 1 atom stereocenters. The third-order valence-electron chi connectivity index (χ3n) is 6.17. The summed E-state index contributed by atoms with van der Waals surface area (Å²) in [5.41, 5.74) is 0.434. The minimum absolute atomic E-state index is 0.0388. The van der Waals surface area contributed by atoms with Crippen LogP contribution in [0, 0.1) is 0 Å². The summed E-state index contributed by atoms with van der Waals surface area (Å²) in [5, 5.41) is 3.38. The number of anilines is 1. The zero-order valence-electron chi connectivity index (χ0n) is 24.0. The molecule has 3 rings (SSSR count). The lowest BCUT2D eigenvalue weighted by Gasteiger charge is -2.33. The van der Waals surface area contributed by atoms with Gasteiger partial charge in [-0.3, -0.25) is 13.9 Å². The summed E-state index contributed by atoms with van der Waals surface area (Å²) in [6.07, 6.45) is 0. The first kappa shape index (κ1) is 31.8. The second kappa shape index (κ2) is 13.3. The Morgan fingerprint density at radius 3 is 2.17 bits per heavy atom. The largest absolute Gasteiger partial charge is 0.493 e. The van der Waals surface area contributed by atoms with E-state index in [1.807, 2.05) is 20.8 Å². The number of hydrogen-bond acceptors (Lipinski definition) is 6. The molecular formula is C30H36ClN3O6S. The highest BCUT2D eigenvalue weighted by molar-refractivity contribution is 7.92. The molecule has 11 heteroatoms. The molecule has 3 aromatic rings. The molecule has 0 aromatic heterocycles. The van der Waals surface area contributed by atoms with Crippen molar-refractivity contribution in [3.8, 4) is 11.5 Å². The summed E-state index contributed by atoms with van der Waals surface area (Å²) in [7, 11) is -1.41. The number of ether oxygens (including phenoxy) is 2. The maximum Gasteiger partial charge on any atom is 0.264 e. The van der Waals surface area contributed by atoms with Crippen molar-refractivity contribution in [1.29, 1.82) is 0 Å². The summed E-state index contributed by atoms with van der Waals surface area (Å²) < 4.78 is 39.6. The lowest BCUT2D eigenvalue weighted by Crippen LogP contribution is -2.54. The van der Waals surface area contributed by atoms with E-state index in [9.17, 15) is 18.0 Å². The van der Waals surface area contributed by atoms with Crippen molar-refractivity contribution in [3.63, 3.8) is 0 Å². The molecule has 3 aromatic carbocycles. The smallest absolute Gasteiger partial charge is 0.264 e. The maximum atomic E-state index is 14.0. The van der Waals surface area contributed by atoms with E-state index in [2.05, 4.69) is 5.32 Å². The number of nitrogens with zero attached hydrogens (tertiary/aromatic N) is 2. The van der Waals surface area contributed by atoms with E-state index in [1.54, 1.807) is 61.5 Å². The van der Waals surface area contributed by atoms with E-state index in [-0.39, 0.29) is 28.8 Å². The lowest BCUT2D eigenvalue weighted by atomic mass is 10.1. The van der Waals surface area contributed by atoms with Crippen molar-refractivity contribution in [2.24, 2.45) is 0 Å². The van der Waals surface area contributed by atoms with Gasteiger partial charge in [0.1, 0.15) is 12.6 Å². The quantitative estimate of drug-likeness (QED) is 0.336. The number of sulfonamides is 1. The summed E-state index contributed by atoms with van der Waals surface area (Å²) in [6.45, 7) is 6.61. The van der Waals surface area contributed by atoms with Crippen LogP contribution in [0.2, 0.25) is 5.02 Å². The van der Waals surface area contributed by atoms with E-state index < -0.39 is 34.1 Å². The first-order valence-corrected chi connectivity index (χ1v) is 14.7. The predicted octanol–water partition coefficient (Wildman–Crippen LogP) is 4.88. The summed E-state index contributed by atoms with van der Waals surface area (Å²) in [6, 6.07) is 18.6. The van der Waals surface area contributed by atoms with Crippen molar-refractivity contribution in [2.45, 2.75) is 50.7 Å². The van der Waals surface area contributed by atoms with Gasteiger partial charge < -0.3 is 19.7 Å². The summed E-state index contributed by atoms with van der Waals surface area (Å²) in [4.78, 5) is 28.4. The molecule has 0 fully saturated rings. The number of carbonyl (C=O) groups is 2. The normalized spacial score (nSPS) is 12.3. The second-order valence-electron chi connectivity index (χ2n) is 10.4. The molecule has 0 saturated carbocycles. The zero-order valence-corrected chi connectivity index (χ0v) is 25.6. The average molecular weight is 602 g/mol. The molecule has 2 amide bonds. The van der Waals surface area contributed by atoms with Crippen LogP contribution in [0.25, 0.3) is 0 Å². The Hall–Kier alpha value is -3.76. The van der Waals surface area contributed by atoms with E-state index in [0.29, 0.717) is 16.3 Å². The van der Waals surface area contributed by atoms with Crippen LogP contribution >= 0.6 is 11.6 Å². The molecule has 41 heavy (non-hydrogen) atoms. The SMILES string of the molecule is COc1ccc(S(=O)(=O)N(CC(=O)N(Cc2cccc(Cl)c2)[C@@H](C)C(=O)NC(C)(C)C)c2ccccc2)cc1OC. The third-order valence-corrected chi connectivity index (χ3v) is 8.18. The van der Waals surface area contributed by atoms with Gasteiger partial charge in [0.25, 0.3) is 10.0 Å². The number of para-hydroxylation sites is 1. The number of hydrogen-bond donors (Lipinski definition) is 1. The van der Waals surface area contributed by atoms with Crippen LogP contribution in [0.5, 0.6) is 11.5 Å². The number of halogens is 1. The van der Waals surface area contributed by atoms with Crippen molar-refractivity contribution in [2.75, 3.05) is 25.1 Å². The maximum absolute atomic E-state index is 14.0. The number of amides is 2. The van der Waals surface area contributed by atoms with Gasteiger partial charge in [0.15, 0.2) is 11.5 Å². The molecule has 0 aliphatic carbocycles. The Morgan fingerprint density at radius 2 is 1.59 bits per heavy atom. The van der Waals surface area contributed by atoms with Gasteiger partial charge in [-0.15, -0.1) is 0 Å². The number of benzene rings is 3. The Labute approximate surface area is 247 Å². The predicted molar refractivity (Wildman–Crippen MR) is 160 cm³/mol. The molecule has 1 N–H and O–H groups in total. The molecular weight excluding hydrogens is 566 g/mol. The van der Waals surface area contributed by atoms with Crippen LogP contribution in [0.3, 0.4) is 0 Å². The second-order valence-corrected chi connectivity index (χ2v) is 12.7. The highest BCUT2D eigenvalue weighted by atomic mass is 35.5. The Morgan fingerprint density at radius 1 is 0.927 bits per heavy atom. The van der Waals surface area contributed by atoms with Crippen LogP contribution in [0.15, 0.2) is 77.7 Å². The van der Waals surface area contributed by atoms with Gasteiger partial charge in [-0.25, -0.2) is 8.42 Å². The van der Waals surface area contributed by atoms with Crippen LogP contribution < -0.4 is 19.1 Å².